The van der Waals surface area contributed by atoms with Crippen LogP contribution in [0.1, 0.15) is 0 Å². The van der Waals surface area contributed by atoms with E-state index in [0.717, 1.165) is 66.0 Å². The third-order valence-corrected chi connectivity index (χ3v) is 8.27. The molecular weight excluding hydrogens is 515 g/mol. The minimum absolute atomic E-state index is 0.00229. The Hall–Kier alpha value is -4.67. The highest BCUT2D eigenvalue weighted by Crippen LogP contribution is 2.46. The number of aromatic nitrogens is 2. The summed E-state index contributed by atoms with van der Waals surface area (Å²) in [6.07, 6.45) is 3.69. The van der Waals surface area contributed by atoms with Crippen LogP contribution in [0.5, 0.6) is 0 Å². The summed E-state index contributed by atoms with van der Waals surface area (Å²) >= 11 is 0. The van der Waals surface area contributed by atoms with Crippen molar-refractivity contribution in [3.05, 3.63) is 128 Å². The molecule has 2 aromatic heterocycles. The Kier molecular flexibility index (Phi) is 5.79. The minimum Gasteiger partial charge on any atom is -0.321 e. The van der Waals surface area contributed by atoms with Crippen LogP contribution in [0.3, 0.4) is 0 Å². The van der Waals surface area contributed by atoms with Gasteiger partial charge in [0, 0.05) is 28.7 Å². The van der Waals surface area contributed by atoms with Crippen molar-refractivity contribution >= 4 is 45.5 Å². The number of hydrogen-bond donors (Lipinski definition) is 2. The number of pyridine rings is 2. The molecule has 0 amide bonds. The van der Waals surface area contributed by atoms with Gasteiger partial charge in [-0.3, -0.25) is 14.5 Å². The molecule has 2 heterocycles. The molecule has 7 rings (SSSR count). The number of benzene rings is 5. The molecule has 0 unspecified atom stereocenters. The molecule has 0 aliphatic rings. The van der Waals surface area contributed by atoms with Gasteiger partial charge in [-0.1, -0.05) is 84.9 Å². The molecule has 7 aromatic rings. The molecule has 0 spiro atoms. The first-order valence-corrected chi connectivity index (χ1v) is 14.5. The van der Waals surface area contributed by atoms with Crippen LogP contribution in [0.4, 0.5) is 0 Å². The maximum Gasteiger partial charge on any atom is 0.356 e. The Balaban J connectivity index is 1.61. The van der Waals surface area contributed by atoms with Crippen molar-refractivity contribution in [2.45, 2.75) is 0 Å². The summed E-state index contributed by atoms with van der Waals surface area (Å²) in [6, 6.07) is 37.4. The molecule has 0 aliphatic carbocycles. The first-order chi connectivity index (χ1) is 19.5. The van der Waals surface area contributed by atoms with Crippen LogP contribution in [0.15, 0.2) is 128 Å². The monoisotopic (exact) mass is 538 g/mol. The van der Waals surface area contributed by atoms with E-state index in [4.69, 9.17) is 4.98 Å². The van der Waals surface area contributed by atoms with Gasteiger partial charge in [0.2, 0.25) is 0 Å². The fourth-order valence-corrected chi connectivity index (χ4v) is 6.07. The zero-order chi connectivity index (χ0) is 27.3. The molecule has 5 aromatic carbocycles. The van der Waals surface area contributed by atoms with Gasteiger partial charge in [-0.05, 0) is 68.9 Å². The van der Waals surface area contributed by atoms with Crippen LogP contribution in [0.2, 0.25) is 0 Å². The zero-order valence-electron chi connectivity index (χ0n) is 21.3. The summed E-state index contributed by atoms with van der Waals surface area (Å²) in [5.74, 6) is 0. The van der Waals surface area contributed by atoms with Crippen molar-refractivity contribution < 1.29 is 14.4 Å². The Labute approximate surface area is 230 Å². The average Bonchev–Trinajstić information content (AvgIpc) is 3.00. The van der Waals surface area contributed by atoms with Crippen LogP contribution in [-0.2, 0) is 4.57 Å². The molecule has 0 aliphatic heterocycles. The van der Waals surface area contributed by atoms with Gasteiger partial charge in [0.1, 0.15) is 0 Å². The largest absolute Gasteiger partial charge is 0.356 e. The Bertz CT molecular complexity index is 2110. The standard InChI is InChI=1S/C34H23N2O3P/c37-40(38,39)28-15-16-29-26(19-28)20-30(22-8-3-1-4-9-22)32(31(29)23-10-5-2-6-11-23)27-18-25-14-13-24-12-7-17-35-33(24)34(25)36-21-27/h1-21H,(H2,37,38,39). The number of hydrogen-bond acceptors (Lipinski definition) is 3. The van der Waals surface area contributed by atoms with Gasteiger partial charge >= 0.3 is 7.60 Å². The fourth-order valence-electron chi connectivity index (χ4n) is 5.50. The van der Waals surface area contributed by atoms with Gasteiger partial charge < -0.3 is 9.79 Å². The van der Waals surface area contributed by atoms with E-state index < -0.39 is 7.60 Å². The lowest BCUT2D eigenvalue weighted by molar-refractivity contribution is 0.387. The van der Waals surface area contributed by atoms with Crippen molar-refractivity contribution in [1.29, 1.82) is 0 Å². The quantitative estimate of drug-likeness (QED) is 0.177. The van der Waals surface area contributed by atoms with Gasteiger partial charge in [-0.25, -0.2) is 0 Å². The maximum atomic E-state index is 12.2. The van der Waals surface area contributed by atoms with E-state index in [1.807, 2.05) is 66.9 Å². The molecule has 40 heavy (non-hydrogen) atoms. The SMILES string of the molecule is O=P(O)(O)c1ccc2c(-c3ccccc3)c(-c3cnc4c(ccc5cccnc54)c3)c(-c3ccccc3)cc2c1. The molecule has 0 radical (unpaired) electrons. The van der Waals surface area contributed by atoms with Crippen molar-refractivity contribution in [3.8, 4) is 33.4 Å². The normalized spacial score (nSPS) is 11.8. The maximum absolute atomic E-state index is 12.2. The molecule has 0 bridgehead atoms. The van der Waals surface area contributed by atoms with E-state index >= 15 is 0 Å². The Morgan fingerprint density at radius 1 is 0.550 bits per heavy atom. The highest BCUT2D eigenvalue weighted by atomic mass is 31.2. The van der Waals surface area contributed by atoms with Gasteiger partial charge in [-0.15, -0.1) is 0 Å². The van der Waals surface area contributed by atoms with Crippen molar-refractivity contribution in [2.24, 2.45) is 0 Å². The predicted molar refractivity (Wildman–Crippen MR) is 163 cm³/mol. The van der Waals surface area contributed by atoms with E-state index in [2.05, 4.69) is 47.4 Å². The second kappa shape index (κ2) is 9.51. The smallest absolute Gasteiger partial charge is 0.321 e. The van der Waals surface area contributed by atoms with Gasteiger partial charge in [0.15, 0.2) is 0 Å². The molecule has 0 saturated heterocycles. The molecule has 2 N–H and O–H groups in total. The minimum atomic E-state index is -4.43. The van der Waals surface area contributed by atoms with Crippen molar-refractivity contribution in [1.82, 2.24) is 9.97 Å². The summed E-state index contributed by atoms with van der Waals surface area (Å²) in [7, 11) is -4.43. The Morgan fingerprint density at radius 2 is 1.25 bits per heavy atom. The van der Waals surface area contributed by atoms with E-state index in [9.17, 15) is 14.4 Å². The first-order valence-electron chi connectivity index (χ1n) is 12.9. The molecule has 192 valence electrons. The highest BCUT2D eigenvalue weighted by molar-refractivity contribution is 7.60. The number of rotatable bonds is 4. The second-order valence-corrected chi connectivity index (χ2v) is 11.4. The molecular formula is C34H23N2O3P. The lowest BCUT2D eigenvalue weighted by Gasteiger charge is -2.20. The topological polar surface area (TPSA) is 83.3 Å². The second-order valence-electron chi connectivity index (χ2n) is 9.79. The average molecular weight is 539 g/mol. The van der Waals surface area contributed by atoms with E-state index in [1.165, 1.54) is 6.07 Å². The van der Waals surface area contributed by atoms with Gasteiger partial charge in [0.25, 0.3) is 0 Å². The van der Waals surface area contributed by atoms with Crippen molar-refractivity contribution in [3.63, 3.8) is 0 Å². The fraction of sp³-hybridized carbons (Fsp3) is 0. The molecule has 0 atom stereocenters. The lowest BCUT2D eigenvalue weighted by atomic mass is 9.84. The van der Waals surface area contributed by atoms with E-state index in [0.29, 0.717) is 0 Å². The predicted octanol–water partition coefficient (Wildman–Crippen LogP) is 7.74. The highest BCUT2D eigenvalue weighted by Gasteiger charge is 2.22. The third kappa shape index (κ3) is 4.18. The van der Waals surface area contributed by atoms with Crippen molar-refractivity contribution in [2.75, 3.05) is 0 Å². The van der Waals surface area contributed by atoms with Crippen LogP contribution >= 0.6 is 7.60 Å². The molecule has 0 saturated carbocycles. The zero-order valence-corrected chi connectivity index (χ0v) is 22.2. The van der Waals surface area contributed by atoms with Crippen LogP contribution in [0.25, 0.3) is 66.0 Å². The molecule has 0 fully saturated rings. The van der Waals surface area contributed by atoms with Gasteiger partial charge in [0.05, 0.1) is 16.3 Å². The number of fused-ring (bicyclic) bond motifs is 4. The van der Waals surface area contributed by atoms with Crippen LogP contribution in [0, 0.1) is 0 Å². The first kappa shape index (κ1) is 24.4. The third-order valence-electron chi connectivity index (χ3n) is 7.32. The summed E-state index contributed by atoms with van der Waals surface area (Å²) in [4.78, 5) is 29.4. The van der Waals surface area contributed by atoms with E-state index in [1.54, 1.807) is 12.3 Å². The number of nitrogens with zero attached hydrogens (tertiary/aromatic N) is 2. The van der Waals surface area contributed by atoms with E-state index in [-0.39, 0.29) is 5.30 Å². The summed E-state index contributed by atoms with van der Waals surface area (Å²) in [5.41, 5.74) is 7.59. The summed E-state index contributed by atoms with van der Waals surface area (Å²) < 4.78 is 12.2. The summed E-state index contributed by atoms with van der Waals surface area (Å²) in [5, 5.41) is 3.68. The van der Waals surface area contributed by atoms with Crippen LogP contribution in [-0.4, -0.2) is 19.8 Å². The lowest BCUT2D eigenvalue weighted by Crippen LogP contribution is -2.04. The molecule has 5 nitrogen and oxygen atoms in total. The van der Waals surface area contributed by atoms with Gasteiger partial charge in [-0.2, -0.15) is 0 Å². The van der Waals surface area contributed by atoms with Crippen LogP contribution < -0.4 is 5.30 Å². The summed E-state index contributed by atoms with van der Waals surface area (Å²) in [6.45, 7) is 0. The molecule has 6 heteroatoms. The Morgan fingerprint density at radius 3 is 2.00 bits per heavy atom.